The number of carbonyl (C=O) groups excluding carboxylic acids is 1. The Morgan fingerprint density at radius 3 is 1.94 bits per heavy atom. The van der Waals surface area contributed by atoms with Crippen LogP contribution >= 0.6 is 0 Å². The van der Waals surface area contributed by atoms with Gasteiger partial charge in [-0.2, -0.15) is 0 Å². The Balaban J connectivity index is 1.59. The van der Waals surface area contributed by atoms with Gasteiger partial charge in [0.2, 0.25) is 0 Å². The summed E-state index contributed by atoms with van der Waals surface area (Å²) in [4.78, 5) is 21.1. The highest BCUT2D eigenvalue weighted by Crippen LogP contribution is 2.48. The Bertz CT molecular complexity index is 1770. The van der Waals surface area contributed by atoms with Crippen LogP contribution in [-0.4, -0.2) is 15.8 Å². The number of carbonyl (C=O) groups is 1. The highest BCUT2D eigenvalue weighted by atomic mass is 16.1. The number of benzene rings is 4. The smallest absolute Gasteiger partial charge is 0.191 e. The van der Waals surface area contributed by atoms with Crippen LogP contribution in [0.1, 0.15) is 38.5 Å². The Labute approximate surface area is 202 Å². The quantitative estimate of drug-likeness (QED) is 0.287. The molecule has 0 saturated heterocycles. The molecule has 2 N–H and O–H groups in total. The van der Waals surface area contributed by atoms with Crippen LogP contribution in [0.5, 0.6) is 0 Å². The van der Waals surface area contributed by atoms with E-state index in [1.165, 1.54) is 0 Å². The van der Waals surface area contributed by atoms with Crippen molar-refractivity contribution in [3.05, 3.63) is 149 Å². The van der Waals surface area contributed by atoms with Gasteiger partial charge in [-0.3, -0.25) is 4.79 Å². The number of ketones is 1. The fraction of sp³-hybridized carbons (Fsp3) is 0.0312. The topological polar surface area (TPSA) is 48.6 Å². The van der Waals surface area contributed by atoms with Crippen molar-refractivity contribution in [2.24, 2.45) is 0 Å². The van der Waals surface area contributed by atoms with Crippen LogP contribution in [0.3, 0.4) is 0 Å². The zero-order valence-electron chi connectivity index (χ0n) is 19.0. The molecule has 0 amide bonds. The molecule has 3 heteroatoms. The van der Waals surface area contributed by atoms with Gasteiger partial charge in [0.1, 0.15) is 0 Å². The first-order valence-electron chi connectivity index (χ1n) is 11.9. The van der Waals surface area contributed by atoms with Crippen molar-refractivity contribution < 1.29 is 4.79 Å². The van der Waals surface area contributed by atoms with Crippen molar-refractivity contribution >= 4 is 33.2 Å². The van der Waals surface area contributed by atoms with Crippen LogP contribution in [0.15, 0.2) is 121 Å². The predicted molar refractivity (Wildman–Crippen MR) is 142 cm³/mol. The number of H-pyrrole nitrogens is 2. The van der Waals surface area contributed by atoms with E-state index in [-0.39, 0.29) is 11.7 Å². The third-order valence-electron chi connectivity index (χ3n) is 7.17. The monoisotopic (exact) mass is 450 g/mol. The molecule has 4 aromatic carbocycles. The molecule has 1 atom stereocenters. The number of aromatic amines is 2. The van der Waals surface area contributed by atoms with E-state index in [1.54, 1.807) is 0 Å². The maximum Gasteiger partial charge on any atom is 0.191 e. The van der Waals surface area contributed by atoms with Crippen molar-refractivity contribution in [1.29, 1.82) is 0 Å². The average Bonchev–Trinajstić information content (AvgIpc) is 3.60. The molecule has 2 heterocycles. The number of allylic oxidation sites excluding steroid dienone is 1. The minimum Gasteiger partial charge on any atom is -0.361 e. The van der Waals surface area contributed by atoms with Gasteiger partial charge in [-0.1, -0.05) is 91.0 Å². The van der Waals surface area contributed by atoms with E-state index in [2.05, 4.69) is 82.9 Å². The number of rotatable bonds is 4. The van der Waals surface area contributed by atoms with Crippen LogP contribution in [0.2, 0.25) is 0 Å². The lowest BCUT2D eigenvalue weighted by Crippen LogP contribution is -2.11. The van der Waals surface area contributed by atoms with Gasteiger partial charge in [0.25, 0.3) is 0 Å². The van der Waals surface area contributed by atoms with Gasteiger partial charge in [-0.05, 0) is 34.4 Å². The Hall–Kier alpha value is -4.63. The molecule has 1 unspecified atom stereocenters. The zero-order chi connectivity index (χ0) is 23.4. The van der Waals surface area contributed by atoms with Crippen molar-refractivity contribution in [2.45, 2.75) is 5.92 Å². The van der Waals surface area contributed by atoms with Crippen LogP contribution in [0.4, 0.5) is 0 Å². The van der Waals surface area contributed by atoms with Crippen LogP contribution in [-0.2, 0) is 0 Å². The summed E-state index contributed by atoms with van der Waals surface area (Å²) in [5, 5.41) is 2.26. The standard InChI is InChI=1S/C32H22N2O/c35-32-24-15-5-4-14-23(24)30(26-19-34-28-17-9-7-13-22(26)28)31(32)29(20-10-2-1-3-11-20)25-18-33-27-16-8-6-12-21(25)27/h1-19,29,33-34H. The van der Waals surface area contributed by atoms with Crippen molar-refractivity contribution in [2.75, 3.05) is 0 Å². The third kappa shape index (κ3) is 2.95. The van der Waals surface area contributed by atoms with E-state index >= 15 is 0 Å². The lowest BCUT2D eigenvalue weighted by molar-refractivity contribution is 0.103. The minimum atomic E-state index is -0.212. The number of aromatic nitrogens is 2. The van der Waals surface area contributed by atoms with Crippen molar-refractivity contribution in [3.63, 3.8) is 0 Å². The summed E-state index contributed by atoms with van der Waals surface area (Å²) in [6.45, 7) is 0. The Morgan fingerprint density at radius 2 is 1.14 bits per heavy atom. The SMILES string of the molecule is O=C1C(C(c2ccccc2)c2c[nH]c3ccccc23)=C(c2c[nH]c3ccccc23)c2ccccc21. The largest absolute Gasteiger partial charge is 0.361 e. The lowest BCUT2D eigenvalue weighted by Gasteiger charge is -2.20. The van der Waals surface area contributed by atoms with Crippen LogP contribution in [0, 0.1) is 0 Å². The maximum atomic E-state index is 14.2. The molecule has 0 saturated carbocycles. The zero-order valence-corrected chi connectivity index (χ0v) is 19.0. The van der Waals surface area contributed by atoms with Gasteiger partial charge in [-0.15, -0.1) is 0 Å². The second-order valence-electron chi connectivity index (χ2n) is 9.04. The number of hydrogen-bond donors (Lipinski definition) is 2. The van der Waals surface area contributed by atoms with E-state index in [0.717, 1.165) is 60.8 Å². The number of fused-ring (bicyclic) bond motifs is 3. The molecular formula is C32H22N2O. The highest BCUT2D eigenvalue weighted by molar-refractivity contribution is 6.25. The summed E-state index contributed by atoms with van der Waals surface area (Å²) in [6.07, 6.45) is 4.12. The number of para-hydroxylation sites is 2. The Morgan fingerprint density at radius 1 is 0.543 bits per heavy atom. The van der Waals surface area contributed by atoms with E-state index in [0.29, 0.717) is 0 Å². The molecule has 35 heavy (non-hydrogen) atoms. The van der Waals surface area contributed by atoms with E-state index < -0.39 is 0 Å². The van der Waals surface area contributed by atoms with E-state index in [4.69, 9.17) is 0 Å². The van der Waals surface area contributed by atoms with Gasteiger partial charge in [0.15, 0.2) is 5.78 Å². The predicted octanol–water partition coefficient (Wildman–Crippen LogP) is 7.48. The first-order valence-corrected chi connectivity index (χ1v) is 11.9. The number of hydrogen-bond acceptors (Lipinski definition) is 1. The molecule has 7 rings (SSSR count). The van der Waals surface area contributed by atoms with E-state index in [1.807, 2.05) is 42.6 Å². The molecule has 0 aliphatic heterocycles. The van der Waals surface area contributed by atoms with Crippen LogP contribution < -0.4 is 0 Å². The maximum absolute atomic E-state index is 14.2. The number of nitrogens with one attached hydrogen (secondary N) is 2. The number of Topliss-reactive ketones (excluding diaryl/α,β-unsaturated/α-hetero) is 1. The third-order valence-corrected chi connectivity index (χ3v) is 7.17. The summed E-state index contributed by atoms with van der Waals surface area (Å²) < 4.78 is 0. The molecule has 3 nitrogen and oxygen atoms in total. The van der Waals surface area contributed by atoms with E-state index in [9.17, 15) is 4.79 Å². The summed E-state index contributed by atoms with van der Waals surface area (Å²) in [6, 6.07) is 35.0. The summed E-state index contributed by atoms with van der Waals surface area (Å²) >= 11 is 0. The molecule has 2 aromatic heterocycles. The van der Waals surface area contributed by atoms with Crippen molar-refractivity contribution in [3.8, 4) is 0 Å². The fourth-order valence-corrected chi connectivity index (χ4v) is 5.63. The lowest BCUT2D eigenvalue weighted by atomic mass is 9.80. The molecule has 166 valence electrons. The highest BCUT2D eigenvalue weighted by Gasteiger charge is 2.37. The second kappa shape index (κ2) is 7.71. The molecule has 1 aliphatic carbocycles. The van der Waals surface area contributed by atoms with Gasteiger partial charge in [-0.25, -0.2) is 0 Å². The normalized spacial score (nSPS) is 14.1. The van der Waals surface area contributed by atoms with Gasteiger partial charge >= 0.3 is 0 Å². The molecule has 0 radical (unpaired) electrons. The molecule has 0 spiro atoms. The molecule has 0 bridgehead atoms. The van der Waals surface area contributed by atoms with Gasteiger partial charge in [0, 0.05) is 56.8 Å². The van der Waals surface area contributed by atoms with Crippen LogP contribution in [0.25, 0.3) is 27.4 Å². The molecular weight excluding hydrogens is 428 g/mol. The Kier molecular flexibility index (Phi) is 4.36. The van der Waals surface area contributed by atoms with Crippen molar-refractivity contribution in [1.82, 2.24) is 9.97 Å². The molecule has 1 aliphatic rings. The molecule has 6 aromatic rings. The summed E-state index contributed by atoms with van der Waals surface area (Å²) in [7, 11) is 0. The second-order valence-corrected chi connectivity index (χ2v) is 9.04. The van der Waals surface area contributed by atoms with Gasteiger partial charge < -0.3 is 9.97 Å². The fourth-order valence-electron chi connectivity index (χ4n) is 5.63. The minimum absolute atomic E-state index is 0.0972. The first-order chi connectivity index (χ1) is 17.3. The molecule has 0 fully saturated rings. The van der Waals surface area contributed by atoms with Gasteiger partial charge in [0.05, 0.1) is 0 Å². The average molecular weight is 451 g/mol. The summed E-state index contributed by atoms with van der Waals surface area (Å²) in [5.74, 6) is -0.115. The summed E-state index contributed by atoms with van der Waals surface area (Å²) in [5.41, 5.74) is 9.02. The first kappa shape index (κ1) is 19.8.